The Bertz CT molecular complexity index is 1280. The van der Waals surface area contributed by atoms with Crippen molar-refractivity contribution in [2.75, 3.05) is 13.1 Å². The molecule has 1 saturated heterocycles. The summed E-state index contributed by atoms with van der Waals surface area (Å²) in [5, 5.41) is 11.3. The van der Waals surface area contributed by atoms with E-state index in [0.717, 1.165) is 17.5 Å². The topological polar surface area (TPSA) is 137 Å². The number of carbonyl (C=O) groups is 5. The Balaban J connectivity index is 0.00000257. The summed E-state index contributed by atoms with van der Waals surface area (Å²) >= 11 is 0. The molecule has 48 heavy (non-hydrogen) atoms. The summed E-state index contributed by atoms with van der Waals surface area (Å²) in [6.45, 7) is 22.2. The second-order valence-electron chi connectivity index (χ2n) is 14.8. The third kappa shape index (κ3) is 12.3. The number of benzene rings is 1. The highest BCUT2D eigenvalue weighted by atomic mass is 16.2. The maximum atomic E-state index is 14.3. The van der Waals surface area contributed by atoms with Gasteiger partial charge >= 0.3 is 6.03 Å². The number of nitrogens with zero attached hydrogens (tertiary/aromatic N) is 1. The van der Waals surface area contributed by atoms with Crippen molar-refractivity contribution in [3.8, 4) is 0 Å². The molecule has 4 N–H and O–H groups in total. The molecule has 1 fully saturated rings. The van der Waals surface area contributed by atoms with E-state index in [1.165, 1.54) is 17.4 Å². The third-order valence-electron chi connectivity index (χ3n) is 8.29. The van der Waals surface area contributed by atoms with Crippen LogP contribution in [-0.4, -0.2) is 71.2 Å². The molecule has 1 aliphatic carbocycles. The number of allylic oxidation sites excluding steroid dienone is 1. The molecule has 1 aromatic rings. The van der Waals surface area contributed by atoms with Crippen molar-refractivity contribution in [2.24, 2.45) is 11.3 Å². The first-order chi connectivity index (χ1) is 22.6. The number of carbonyl (C=O) groups excluding carboxylic acids is 5. The highest BCUT2D eigenvalue weighted by Crippen LogP contribution is 2.31. The van der Waals surface area contributed by atoms with Gasteiger partial charge in [-0.05, 0) is 81.3 Å². The predicted molar refractivity (Wildman–Crippen MR) is 191 cm³/mol. The molecule has 10 heteroatoms. The van der Waals surface area contributed by atoms with Crippen molar-refractivity contribution < 1.29 is 24.0 Å². The van der Waals surface area contributed by atoms with Crippen molar-refractivity contribution >= 4 is 29.5 Å². The molecule has 1 unspecified atom stereocenters. The van der Waals surface area contributed by atoms with E-state index in [1.54, 1.807) is 6.08 Å². The molecule has 0 radical (unpaired) electrons. The number of hydrogen-bond donors (Lipinski definition) is 4. The zero-order valence-corrected chi connectivity index (χ0v) is 30.2. The van der Waals surface area contributed by atoms with E-state index < -0.39 is 47.3 Å². The average molecular weight is 666 g/mol. The van der Waals surface area contributed by atoms with Crippen molar-refractivity contribution in [1.82, 2.24) is 26.2 Å². The summed E-state index contributed by atoms with van der Waals surface area (Å²) in [7, 11) is 0. The average Bonchev–Trinajstić information content (AvgIpc) is 3.66. The van der Waals surface area contributed by atoms with Crippen LogP contribution >= 0.6 is 0 Å². The molecule has 0 bridgehead atoms. The van der Waals surface area contributed by atoms with Crippen LogP contribution < -0.4 is 21.3 Å². The molecule has 5 amide bonds. The fourth-order valence-corrected chi connectivity index (χ4v) is 6.78. The van der Waals surface area contributed by atoms with E-state index in [0.29, 0.717) is 38.6 Å². The van der Waals surface area contributed by atoms with Gasteiger partial charge in [-0.25, -0.2) is 4.79 Å². The van der Waals surface area contributed by atoms with Crippen LogP contribution in [-0.2, 0) is 32.0 Å². The first kappa shape index (κ1) is 40.2. The largest absolute Gasteiger partial charge is 0.346 e. The molecule has 1 aromatic carbocycles. The molecule has 1 aliphatic heterocycles. The molecule has 2 aliphatic rings. The Hall–Kier alpha value is -3.95. The maximum Gasteiger partial charge on any atom is 0.315 e. The van der Waals surface area contributed by atoms with Crippen LogP contribution in [0.3, 0.4) is 0 Å². The van der Waals surface area contributed by atoms with Crippen LogP contribution in [0.5, 0.6) is 0 Å². The number of nitrogens with one attached hydrogen (secondary N) is 4. The van der Waals surface area contributed by atoms with Gasteiger partial charge in [-0.15, -0.1) is 13.2 Å². The minimum absolute atomic E-state index is 0.0214. The highest BCUT2D eigenvalue weighted by molar-refractivity contribution is 6.38. The van der Waals surface area contributed by atoms with Crippen molar-refractivity contribution in [3.05, 3.63) is 60.7 Å². The number of Topliss-reactive ketones (excluding diaryl/α,β-unsaturated/α-hetero) is 1. The Morgan fingerprint density at radius 1 is 0.958 bits per heavy atom. The Labute approximate surface area is 287 Å². The van der Waals surface area contributed by atoms with E-state index in [4.69, 9.17) is 0 Å². The minimum Gasteiger partial charge on any atom is -0.346 e. The normalized spacial score (nSPS) is 17.1. The van der Waals surface area contributed by atoms with Crippen LogP contribution in [0.2, 0.25) is 0 Å². The van der Waals surface area contributed by atoms with E-state index in [2.05, 4.69) is 69.0 Å². The fraction of sp³-hybridized carbons (Fsp3) is 0.605. The SMILES string of the molecule is C=CCCC(NC(=O)[C@@H]1CCCN1C(=O)[C@@H](NC(=O)NC(C)(C)CC(C)(C)C)C1Cc2ccccc2C1)C(=O)C(=O)NCC=C.CCC. The molecule has 3 rings (SSSR count). The van der Waals surface area contributed by atoms with Gasteiger partial charge < -0.3 is 26.2 Å². The Kier molecular flexibility index (Phi) is 15.5. The lowest BCUT2D eigenvalue weighted by molar-refractivity contribution is -0.143. The van der Waals surface area contributed by atoms with Crippen molar-refractivity contribution in [1.29, 1.82) is 0 Å². The zero-order chi connectivity index (χ0) is 36.1. The lowest BCUT2D eigenvalue weighted by Gasteiger charge is -2.35. The number of amides is 5. The van der Waals surface area contributed by atoms with Gasteiger partial charge in [0.2, 0.25) is 17.6 Å². The molecular formula is C38H59N5O5. The van der Waals surface area contributed by atoms with E-state index in [-0.39, 0.29) is 30.2 Å². The van der Waals surface area contributed by atoms with Crippen molar-refractivity contribution in [2.45, 2.75) is 123 Å². The molecule has 3 atom stereocenters. The highest BCUT2D eigenvalue weighted by Gasteiger charge is 2.43. The number of urea groups is 1. The Morgan fingerprint density at radius 3 is 2.10 bits per heavy atom. The first-order valence-corrected chi connectivity index (χ1v) is 17.4. The Morgan fingerprint density at radius 2 is 1.56 bits per heavy atom. The van der Waals surface area contributed by atoms with Gasteiger partial charge in [0.1, 0.15) is 12.1 Å². The fourth-order valence-electron chi connectivity index (χ4n) is 6.78. The second kappa shape index (κ2) is 18.6. The smallest absolute Gasteiger partial charge is 0.315 e. The van der Waals surface area contributed by atoms with Crippen LogP contribution in [0.1, 0.15) is 98.1 Å². The number of fused-ring (bicyclic) bond motifs is 1. The number of likely N-dealkylation sites (tertiary alicyclic amines) is 1. The standard InChI is InChI=1S/C35H51N5O5.C3H8/c1-8-10-16-26(29(41)31(43)36-18-9-2)37-30(42)27-17-13-19-40(27)32(44)28(25-20-23-14-11-12-15-24(23)21-25)38-33(45)39-35(6,7)22-34(3,4)5;1-3-2/h8-9,11-12,14-15,25-28H,1-2,10,13,16-22H2,3-7H3,(H,36,43)(H,37,42)(H2,38,39,45);3H2,1-2H3/t26?,27-,28-;/m0./s1. The van der Waals surface area contributed by atoms with Gasteiger partial charge in [-0.3, -0.25) is 19.2 Å². The van der Waals surface area contributed by atoms with Gasteiger partial charge in [-0.2, -0.15) is 0 Å². The molecule has 0 saturated carbocycles. The first-order valence-electron chi connectivity index (χ1n) is 17.4. The number of ketones is 1. The minimum atomic E-state index is -1.06. The quantitative estimate of drug-likeness (QED) is 0.164. The zero-order valence-electron chi connectivity index (χ0n) is 30.2. The molecule has 266 valence electrons. The molecule has 10 nitrogen and oxygen atoms in total. The van der Waals surface area contributed by atoms with Gasteiger partial charge in [0.25, 0.3) is 5.91 Å². The van der Waals surface area contributed by atoms with E-state index in [1.807, 2.05) is 38.1 Å². The molecule has 0 aromatic heterocycles. The van der Waals surface area contributed by atoms with Crippen molar-refractivity contribution in [3.63, 3.8) is 0 Å². The van der Waals surface area contributed by atoms with Gasteiger partial charge in [0.05, 0.1) is 6.04 Å². The third-order valence-corrected chi connectivity index (χ3v) is 8.29. The van der Waals surface area contributed by atoms with Gasteiger partial charge in [0, 0.05) is 18.6 Å². The van der Waals surface area contributed by atoms with Crippen LogP contribution in [0.25, 0.3) is 0 Å². The summed E-state index contributed by atoms with van der Waals surface area (Å²) in [6, 6.07) is 4.83. The second-order valence-corrected chi connectivity index (χ2v) is 14.8. The van der Waals surface area contributed by atoms with Crippen LogP contribution in [0.15, 0.2) is 49.6 Å². The monoisotopic (exact) mass is 665 g/mol. The van der Waals surface area contributed by atoms with E-state index in [9.17, 15) is 24.0 Å². The number of rotatable bonds is 14. The van der Waals surface area contributed by atoms with Gasteiger partial charge in [-0.1, -0.05) is 77.5 Å². The summed E-state index contributed by atoms with van der Waals surface area (Å²) in [4.78, 5) is 68.1. The van der Waals surface area contributed by atoms with Crippen LogP contribution in [0, 0.1) is 11.3 Å². The summed E-state index contributed by atoms with van der Waals surface area (Å²) in [5.41, 5.74) is 1.75. The maximum absolute atomic E-state index is 14.3. The number of hydrogen-bond acceptors (Lipinski definition) is 5. The summed E-state index contributed by atoms with van der Waals surface area (Å²) < 4.78 is 0. The molecule has 0 spiro atoms. The predicted octanol–water partition coefficient (Wildman–Crippen LogP) is 5.01. The molecular weight excluding hydrogens is 606 g/mol. The molecule has 1 heterocycles. The lowest BCUT2D eigenvalue weighted by Crippen LogP contribution is -2.60. The van der Waals surface area contributed by atoms with Gasteiger partial charge in [0.15, 0.2) is 0 Å². The van der Waals surface area contributed by atoms with E-state index >= 15 is 0 Å². The lowest BCUT2D eigenvalue weighted by atomic mass is 9.82. The van der Waals surface area contributed by atoms with Crippen LogP contribution in [0.4, 0.5) is 4.79 Å². The summed E-state index contributed by atoms with van der Waals surface area (Å²) in [6.07, 6.45) is 7.92. The summed E-state index contributed by atoms with van der Waals surface area (Å²) in [5.74, 6) is -2.59.